The van der Waals surface area contributed by atoms with Gasteiger partial charge < -0.3 is 9.88 Å². The Morgan fingerprint density at radius 2 is 1.85 bits per heavy atom. The standard InChI is InChI=1S/C17H20N2O/c1-12-11-15(13(2)19(12)3)16(20)18-17(9-10-17)14-7-5-4-6-8-14/h4-8,11H,9-10H2,1-3H3,(H,18,20). The van der Waals surface area contributed by atoms with E-state index in [2.05, 4.69) is 22.0 Å². The fourth-order valence-electron chi connectivity index (χ4n) is 2.74. The van der Waals surface area contributed by atoms with Gasteiger partial charge in [0.1, 0.15) is 0 Å². The van der Waals surface area contributed by atoms with Crippen LogP contribution in [-0.4, -0.2) is 10.5 Å². The van der Waals surface area contributed by atoms with E-state index in [0.29, 0.717) is 0 Å². The number of carbonyl (C=O) groups is 1. The number of aromatic nitrogens is 1. The van der Waals surface area contributed by atoms with Crippen LogP contribution in [0.4, 0.5) is 0 Å². The van der Waals surface area contributed by atoms with Crippen molar-refractivity contribution in [2.24, 2.45) is 7.05 Å². The lowest BCUT2D eigenvalue weighted by molar-refractivity contribution is 0.0930. The van der Waals surface area contributed by atoms with E-state index in [9.17, 15) is 4.79 Å². The number of benzene rings is 1. The van der Waals surface area contributed by atoms with Crippen LogP contribution in [0.1, 0.15) is 40.2 Å². The third kappa shape index (κ3) is 2.03. The van der Waals surface area contributed by atoms with E-state index >= 15 is 0 Å². The molecule has 0 unspecified atom stereocenters. The minimum atomic E-state index is -0.144. The molecule has 1 fully saturated rings. The minimum Gasteiger partial charge on any atom is -0.351 e. The number of rotatable bonds is 3. The van der Waals surface area contributed by atoms with Crippen molar-refractivity contribution in [1.82, 2.24) is 9.88 Å². The van der Waals surface area contributed by atoms with Crippen LogP contribution in [0.15, 0.2) is 36.4 Å². The Morgan fingerprint density at radius 3 is 2.35 bits per heavy atom. The maximum Gasteiger partial charge on any atom is 0.253 e. The Kier molecular flexibility index (Phi) is 2.93. The zero-order chi connectivity index (χ0) is 14.3. The highest BCUT2D eigenvalue weighted by Gasteiger charge is 2.45. The minimum absolute atomic E-state index is 0.0348. The highest BCUT2D eigenvalue weighted by molar-refractivity contribution is 5.96. The molecule has 1 aliphatic rings. The van der Waals surface area contributed by atoms with Gasteiger partial charge in [0, 0.05) is 18.4 Å². The maximum atomic E-state index is 12.5. The summed E-state index contributed by atoms with van der Waals surface area (Å²) >= 11 is 0. The molecule has 0 saturated heterocycles. The second kappa shape index (κ2) is 4.51. The highest BCUT2D eigenvalue weighted by atomic mass is 16.1. The average molecular weight is 268 g/mol. The summed E-state index contributed by atoms with van der Waals surface area (Å²) in [5.41, 5.74) is 3.97. The molecule has 1 aromatic heterocycles. The maximum absolute atomic E-state index is 12.5. The van der Waals surface area contributed by atoms with E-state index < -0.39 is 0 Å². The summed E-state index contributed by atoms with van der Waals surface area (Å²) in [5.74, 6) is 0.0348. The van der Waals surface area contributed by atoms with Crippen LogP contribution in [-0.2, 0) is 12.6 Å². The van der Waals surface area contributed by atoms with Crippen LogP contribution in [0.25, 0.3) is 0 Å². The molecule has 1 heterocycles. The van der Waals surface area contributed by atoms with Crippen molar-refractivity contribution >= 4 is 5.91 Å². The summed E-state index contributed by atoms with van der Waals surface area (Å²) in [6, 6.07) is 12.2. The van der Waals surface area contributed by atoms with Crippen molar-refractivity contribution in [2.75, 3.05) is 0 Å². The van der Waals surface area contributed by atoms with Crippen LogP contribution in [0.3, 0.4) is 0 Å². The topological polar surface area (TPSA) is 34.0 Å². The van der Waals surface area contributed by atoms with Crippen LogP contribution in [0, 0.1) is 13.8 Å². The number of nitrogens with one attached hydrogen (secondary N) is 1. The number of amides is 1. The first kappa shape index (κ1) is 13.0. The fraction of sp³-hybridized carbons (Fsp3) is 0.353. The van der Waals surface area contributed by atoms with E-state index in [-0.39, 0.29) is 11.4 Å². The Hall–Kier alpha value is -2.03. The first-order chi connectivity index (χ1) is 9.53. The van der Waals surface area contributed by atoms with Crippen molar-refractivity contribution < 1.29 is 4.79 Å². The van der Waals surface area contributed by atoms with Crippen molar-refractivity contribution in [3.8, 4) is 0 Å². The van der Waals surface area contributed by atoms with Crippen LogP contribution < -0.4 is 5.32 Å². The lowest BCUT2D eigenvalue weighted by Crippen LogP contribution is -2.35. The van der Waals surface area contributed by atoms with Crippen molar-refractivity contribution in [1.29, 1.82) is 0 Å². The summed E-state index contributed by atoms with van der Waals surface area (Å²) in [6.07, 6.45) is 2.04. The van der Waals surface area contributed by atoms with Crippen molar-refractivity contribution in [3.05, 3.63) is 58.9 Å². The Balaban J connectivity index is 1.85. The molecule has 1 aromatic carbocycles. The SMILES string of the molecule is Cc1cc(C(=O)NC2(c3ccccc3)CC2)c(C)n1C. The first-order valence-electron chi connectivity index (χ1n) is 7.04. The molecule has 20 heavy (non-hydrogen) atoms. The predicted octanol–water partition coefficient (Wildman–Crippen LogP) is 3.06. The number of aryl methyl sites for hydroxylation is 1. The van der Waals surface area contributed by atoms with Gasteiger partial charge in [0.15, 0.2) is 0 Å². The summed E-state index contributed by atoms with van der Waals surface area (Å²) in [5, 5.41) is 3.23. The molecule has 0 atom stereocenters. The van der Waals surface area contributed by atoms with Gasteiger partial charge in [-0.15, -0.1) is 0 Å². The van der Waals surface area contributed by atoms with Gasteiger partial charge in [-0.1, -0.05) is 30.3 Å². The number of carbonyl (C=O) groups excluding carboxylic acids is 1. The average Bonchev–Trinajstić information content (AvgIpc) is 3.19. The van der Waals surface area contributed by atoms with Crippen molar-refractivity contribution in [3.63, 3.8) is 0 Å². The number of hydrogen-bond donors (Lipinski definition) is 1. The molecule has 0 spiro atoms. The molecule has 3 rings (SSSR count). The molecule has 0 bridgehead atoms. The molecule has 1 N–H and O–H groups in total. The molecule has 3 heteroatoms. The molecule has 1 amide bonds. The molecular formula is C17H20N2O. The van der Waals surface area contributed by atoms with Crippen LogP contribution in [0.2, 0.25) is 0 Å². The number of nitrogens with zero attached hydrogens (tertiary/aromatic N) is 1. The molecular weight excluding hydrogens is 248 g/mol. The largest absolute Gasteiger partial charge is 0.351 e. The molecule has 3 nitrogen and oxygen atoms in total. The summed E-state index contributed by atoms with van der Waals surface area (Å²) < 4.78 is 2.05. The molecule has 1 aliphatic carbocycles. The monoisotopic (exact) mass is 268 g/mol. The van der Waals surface area contributed by atoms with Gasteiger partial charge in [-0.05, 0) is 38.3 Å². The van der Waals surface area contributed by atoms with Gasteiger partial charge >= 0.3 is 0 Å². The van der Waals surface area contributed by atoms with Gasteiger partial charge in [0.05, 0.1) is 11.1 Å². The molecule has 0 aliphatic heterocycles. The van der Waals surface area contributed by atoms with E-state index in [0.717, 1.165) is 29.8 Å². The third-order valence-electron chi connectivity index (χ3n) is 4.45. The second-order valence-corrected chi connectivity index (χ2v) is 5.75. The van der Waals surface area contributed by atoms with Gasteiger partial charge in [0.25, 0.3) is 5.91 Å². The molecule has 0 radical (unpaired) electrons. The van der Waals surface area contributed by atoms with E-state index in [4.69, 9.17) is 0 Å². The Morgan fingerprint density at radius 1 is 1.20 bits per heavy atom. The summed E-state index contributed by atoms with van der Waals surface area (Å²) in [4.78, 5) is 12.5. The van der Waals surface area contributed by atoms with E-state index in [1.807, 2.05) is 45.2 Å². The summed E-state index contributed by atoms with van der Waals surface area (Å²) in [6.45, 7) is 4.01. The third-order valence-corrected chi connectivity index (χ3v) is 4.45. The van der Waals surface area contributed by atoms with Gasteiger partial charge in [-0.2, -0.15) is 0 Å². The fourth-order valence-corrected chi connectivity index (χ4v) is 2.74. The molecule has 104 valence electrons. The molecule has 2 aromatic rings. The smallest absolute Gasteiger partial charge is 0.253 e. The van der Waals surface area contributed by atoms with E-state index in [1.165, 1.54) is 5.56 Å². The van der Waals surface area contributed by atoms with Crippen LogP contribution in [0.5, 0.6) is 0 Å². The zero-order valence-electron chi connectivity index (χ0n) is 12.2. The normalized spacial score (nSPS) is 15.9. The molecule has 1 saturated carbocycles. The number of hydrogen-bond acceptors (Lipinski definition) is 1. The lowest BCUT2D eigenvalue weighted by Gasteiger charge is -2.18. The Labute approximate surface area is 119 Å². The van der Waals surface area contributed by atoms with Gasteiger partial charge in [-0.25, -0.2) is 0 Å². The Bertz CT molecular complexity index is 651. The van der Waals surface area contributed by atoms with Crippen molar-refractivity contribution in [2.45, 2.75) is 32.2 Å². The second-order valence-electron chi connectivity index (χ2n) is 5.75. The quantitative estimate of drug-likeness (QED) is 0.912. The first-order valence-corrected chi connectivity index (χ1v) is 7.04. The summed E-state index contributed by atoms with van der Waals surface area (Å²) in [7, 11) is 1.99. The highest BCUT2D eigenvalue weighted by Crippen LogP contribution is 2.45. The predicted molar refractivity (Wildman–Crippen MR) is 79.7 cm³/mol. The van der Waals surface area contributed by atoms with Crippen LogP contribution >= 0.6 is 0 Å². The van der Waals surface area contributed by atoms with E-state index in [1.54, 1.807) is 0 Å². The lowest BCUT2D eigenvalue weighted by atomic mass is 10.0. The van der Waals surface area contributed by atoms with Gasteiger partial charge in [-0.3, -0.25) is 4.79 Å². The zero-order valence-corrected chi connectivity index (χ0v) is 12.2. The van der Waals surface area contributed by atoms with Gasteiger partial charge in [0.2, 0.25) is 0 Å².